The summed E-state index contributed by atoms with van der Waals surface area (Å²) < 4.78 is 10.2. The van der Waals surface area contributed by atoms with Gasteiger partial charge in [-0.3, -0.25) is 0 Å². The Bertz CT molecular complexity index is 913. The molecular weight excluding hydrogens is 407 g/mol. The lowest BCUT2D eigenvalue weighted by molar-refractivity contribution is -0.141. The van der Waals surface area contributed by atoms with Crippen LogP contribution in [0, 0.1) is 6.92 Å². The first kappa shape index (κ1) is 24.7. The summed E-state index contributed by atoms with van der Waals surface area (Å²) >= 11 is 0. The minimum absolute atomic E-state index is 0.119. The van der Waals surface area contributed by atoms with Crippen LogP contribution in [0.2, 0.25) is 0 Å². The SMILES string of the molecule is Cc1ccc(C(C)(C)C)c(OC(=O)C(C)OPO)c1.c1ccc(-c2ccccc2)cc1. The lowest BCUT2D eigenvalue weighted by Gasteiger charge is -2.23. The maximum Gasteiger partial charge on any atom is 0.340 e. The third-order valence-electron chi connectivity index (χ3n) is 4.60. The summed E-state index contributed by atoms with van der Waals surface area (Å²) in [5, 5.41) is 0. The molecule has 0 amide bonds. The van der Waals surface area contributed by atoms with Crippen molar-refractivity contribution in [1.82, 2.24) is 0 Å². The molecule has 0 aliphatic rings. The predicted octanol–water partition coefficient (Wildman–Crippen LogP) is 6.46. The van der Waals surface area contributed by atoms with Crippen molar-refractivity contribution in [2.45, 2.75) is 46.1 Å². The van der Waals surface area contributed by atoms with Crippen LogP contribution in [0.3, 0.4) is 0 Å². The van der Waals surface area contributed by atoms with E-state index in [1.54, 1.807) is 6.92 Å². The van der Waals surface area contributed by atoms with E-state index in [2.05, 4.69) is 69.3 Å². The van der Waals surface area contributed by atoms with Gasteiger partial charge in [0.25, 0.3) is 0 Å². The van der Waals surface area contributed by atoms with Crippen LogP contribution < -0.4 is 4.74 Å². The second-order valence-corrected chi connectivity index (χ2v) is 8.67. The van der Waals surface area contributed by atoms with Gasteiger partial charge in [0.1, 0.15) is 5.75 Å². The molecule has 4 nitrogen and oxygen atoms in total. The van der Waals surface area contributed by atoms with Crippen molar-refractivity contribution in [3.63, 3.8) is 0 Å². The smallest absolute Gasteiger partial charge is 0.340 e. The molecular formula is C26H31O4P. The van der Waals surface area contributed by atoms with Crippen LogP contribution in [0.4, 0.5) is 0 Å². The zero-order valence-corrected chi connectivity index (χ0v) is 19.8. The van der Waals surface area contributed by atoms with E-state index in [-0.39, 0.29) is 5.41 Å². The first-order valence-electron chi connectivity index (χ1n) is 10.2. The van der Waals surface area contributed by atoms with E-state index >= 15 is 0 Å². The van der Waals surface area contributed by atoms with E-state index in [0.717, 1.165) is 11.1 Å². The zero-order chi connectivity index (χ0) is 22.9. The fourth-order valence-electron chi connectivity index (χ4n) is 2.91. The molecule has 0 bridgehead atoms. The maximum absolute atomic E-state index is 11.8. The van der Waals surface area contributed by atoms with Gasteiger partial charge in [0.05, 0.1) is 0 Å². The maximum atomic E-state index is 11.8. The second-order valence-electron chi connectivity index (χ2n) is 8.25. The van der Waals surface area contributed by atoms with Gasteiger partial charge in [-0.2, -0.15) is 0 Å². The average Bonchev–Trinajstić information content (AvgIpc) is 2.75. The Hall–Kier alpha value is -2.52. The summed E-state index contributed by atoms with van der Waals surface area (Å²) in [6.07, 6.45) is -0.781. The summed E-state index contributed by atoms with van der Waals surface area (Å²) in [4.78, 5) is 20.5. The lowest BCUT2D eigenvalue weighted by atomic mass is 9.86. The van der Waals surface area contributed by atoms with Crippen LogP contribution in [-0.2, 0) is 14.7 Å². The van der Waals surface area contributed by atoms with Crippen LogP contribution in [-0.4, -0.2) is 17.0 Å². The van der Waals surface area contributed by atoms with E-state index in [1.165, 1.54) is 11.1 Å². The van der Waals surface area contributed by atoms with Crippen molar-refractivity contribution in [2.24, 2.45) is 0 Å². The molecule has 0 saturated carbocycles. The molecule has 2 unspecified atom stereocenters. The zero-order valence-electron chi connectivity index (χ0n) is 18.8. The van der Waals surface area contributed by atoms with Crippen molar-refractivity contribution in [3.05, 3.63) is 90.0 Å². The molecule has 0 radical (unpaired) electrons. The minimum atomic E-state index is -0.781. The molecule has 2 atom stereocenters. The molecule has 0 spiro atoms. The quantitative estimate of drug-likeness (QED) is 0.282. The number of benzene rings is 3. The Morgan fingerprint density at radius 1 is 0.903 bits per heavy atom. The number of hydrogen-bond donors (Lipinski definition) is 1. The predicted molar refractivity (Wildman–Crippen MR) is 128 cm³/mol. The minimum Gasteiger partial charge on any atom is -0.424 e. The van der Waals surface area contributed by atoms with Gasteiger partial charge >= 0.3 is 5.97 Å². The Morgan fingerprint density at radius 3 is 1.87 bits per heavy atom. The van der Waals surface area contributed by atoms with Gasteiger partial charge < -0.3 is 14.2 Å². The number of aryl methyl sites for hydroxylation is 1. The van der Waals surface area contributed by atoms with Gasteiger partial charge in [0, 0.05) is 5.56 Å². The average molecular weight is 439 g/mol. The van der Waals surface area contributed by atoms with Crippen molar-refractivity contribution in [1.29, 1.82) is 0 Å². The summed E-state index contributed by atoms with van der Waals surface area (Å²) in [5.41, 5.74) is 4.42. The lowest BCUT2D eigenvalue weighted by Crippen LogP contribution is -2.25. The highest BCUT2D eigenvalue weighted by molar-refractivity contribution is 7.25. The van der Waals surface area contributed by atoms with Gasteiger partial charge in [-0.15, -0.1) is 0 Å². The third kappa shape index (κ3) is 7.91. The van der Waals surface area contributed by atoms with E-state index in [0.29, 0.717) is 5.75 Å². The molecule has 0 saturated heterocycles. The van der Waals surface area contributed by atoms with E-state index in [1.807, 2.05) is 37.3 Å². The molecule has 3 aromatic carbocycles. The topological polar surface area (TPSA) is 55.8 Å². The van der Waals surface area contributed by atoms with E-state index < -0.39 is 21.1 Å². The monoisotopic (exact) mass is 438 g/mol. The Kier molecular flexibility index (Phi) is 9.39. The summed E-state index contributed by atoms with van der Waals surface area (Å²) in [6.45, 7) is 9.68. The fourth-order valence-corrected chi connectivity index (χ4v) is 3.17. The molecule has 0 aliphatic heterocycles. The van der Waals surface area contributed by atoms with Crippen LogP contribution in [0.5, 0.6) is 5.75 Å². The molecule has 5 heteroatoms. The molecule has 164 valence electrons. The van der Waals surface area contributed by atoms with E-state index in [9.17, 15) is 4.79 Å². The highest BCUT2D eigenvalue weighted by Crippen LogP contribution is 2.32. The van der Waals surface area contributed by atoms with Crippen molar-refractivity contribution in [2.75, 3.05) is 0 Å². The van der Waals surface area contributed by atoms with Gasteiger partial charge in [0.2, 0.25) is 0 Å². The Labute approximate surface area is 187 Å². The van der Waals surface area contributed by atoms with Crippen molar-refractivity contribution in [3.8, 4) is 16.9 Å². The van der Waals surface area contributed by atoms with Crippen LogP contribution >= 0.6 is 9.03 Å². The van der Waals surface area contributed by atoms with Gasteiger partial charge in [-0.05, 0) is 42.0 Å². The second kappa shape index (κ2) is 11.8. The number of ether oxygens (including phenoxy) is 1. The molecule has 31 heavy (non-hydrogen) atoms. The fraction of sp³-hybridized carbons (Fsp3) is 0.269. The van der Waals surface area contributed by atoms with Crippen LogP contribution in [0.15, 0.2) is 78.9 Å². The van der Waals surface area contributed by atoms with Crippen LogP contribution in [0.1, 0.15) is 38.8 Å². The van der Waals surface area contributed by atoms with Gasteiger partial charge in [0.15, 0.2) is 15.1 Å². The normalized spacial score (nSPS) is 12.2. The molecule has 0 aromatic heterocycles. The standard InChI is InChI=1S/C14H21O4P.C12H10/c1-9-6-7-11(14(3,4)5)12(8-9)17-13(15)10(2)18-19-16;1-3-7-11(8-4-1)12-9-5-2-6-10-12/h6-8,10,16,19H,1-5H3;1-10H. The summed E-state index contributed by atoms with van der Waals surface area (Å²) in [7, 11) is -0.725. The summed E-state index contributed by atoms with van der Waals surface area (Å²) in [6, 6.07) is 26.6. The number of rotatable bonds is 5. The van der Waals surface area contributed by atoms with Gasteiger partial charge in [-0.25, -0.2) is 4.79 Å². The molecule has 3 aromatic rings. The van der Waals surface area contributed by atoms with Crippen LogP contribution in [0.25, 0.3) is 11.1 Å². The number of hydrogen-bond acceptors (Lipinski definition) is 4. The molecule has 1 N–H and O–H groups in total. The Balaban J connectivity index is 0.000000242. The first-order chi connectivity index (χ1) is 14.7. The highest BCUT2D eigenvalue weighted by Gasteiger charge is 2.23. The van der Waals surface area contributed by atoms with Gasteiger partial charge in [-0.1, -0.05) is 93.6 Å². The molecule has 0 aliphatic carbocycles. The highest BCUT2D eigenvalue weighted by atomic mass is 31.1. The van der Waals surface area contributed by atoms with Crippen molar-refractivity contribution >= 4 is 15.0 Å². The number of esters is 1. The Morgan fingerprint density at radius 2 is 1.42 bits per heavy atom. The third-order valence-corrected chi connectivity index (χ3v) is 5.06. The first-order valence-corrected chi connectivity index (χ1v) is 11.1. The molecule has 3 rings (SSSR count). The number of carbonyl (C=O) groups is 1. The van der Waals surface area contributed by atoms with Crippen molar-refractivity contribution < 1.29 is 18.9 Å². The summed E-state index contributed by atoms with van der Waals surface area (Å²) in [5.74, 6) is 0.0480. The molecule has 0 heterocycles. The number of carbonyl (C=O) groups excluding carboxylic acids is 1. The molecule has 0 fully saturated rings. The largest absolute Gasteiger partial charge is 0.424 e. The van der Waals surface area contributed by atoms with E-state index in [4.69, 9.17) is 14.2 Å².